The van der Waals surface area contributed by atoms with Gasteiger partial charge in [0.1, 0.15) is 0 Å². The molecule has 0 saturated heterocycles. The summed E-state index contributed by atoms with van der Waals surface area (Å²) in [4.78, 5) is 0. The molecule has 0 spiro atoms. The van der Waals surface area contributed by atoms with Gasteiger partial charge < -0.3 is 5.32 Å². The van der Waals surface area contributed by atoms with E-state index in [1.807, 2.05) is 6.07 Å². The van der Waals surface area contributed by atoms with Gasteiger partial charge in [0, 0.05) is 6.54 Å². The second kappa shape index (κ2) is 6.36. The number of nitrogens with one attached hydrogen (secondary N) is 1. The third kappa shape index (κ3) is 4.00. The van der Waals surface area contributed by atoms with Crippen molar-refractivity contribution in [2.75, 3.05) is 13.1 Å². The zero-order valence-corrected chi connectivity index (χ0v) is 9.41. The zero-order valence-electron chi connectivity index (χ0n) is 9.41. The molecule has 0 fully saturated rings. The molecule has 1 aromatic rings. The summed E-state index contributed by atoms with van der Waals surface area (Å²) >= 11 is 0. The Balaban J connectivity index is 2.50. The van der Waals surface area contributed by atoms with Gasteiger partial charge in [-0.1, -0.05) is 30.3 Å². The van der Waals surface area contributed by atoms with E-state index in [-0.39, 0.29) is 6.54 Å². The minimum Gasteiger partial charge on any atom is -0.309 e. The maximum atomic E-state index is 12.6. The van der Waals surface area contributed by atoms with Crippen LogP contribution < -0.4 is 5.32 Å². The number of benzene rings is 1. The highest BCUT2D eigenvalue weighted by molar-refractivity contribution is 5.25. The smallest absolute Gasteiger partial charge is 0.309 e. The number of alkyl halides is 4. The molecule has 1 atom stereocenters. The van der Waals surface area contributed by atoms with E-state index in [1.54, 1.807) is 30.3 Å². The average molecular weight is 260 g/mol. The van der Waals surface area contributed by atoms with Crippen LogP contribution in [0.15, 0.2) is 30.3 Å². The summed E-state index contributed by atoms with van der Waals surface area (Å²) in [6.45, 7) is -1.24. The molecular weight excluding hydrogens is 248 g/mol. The number of halogens is 4. The molecule has 98 valence electrons. The van der Waals surface area contributed by atoms with E-state index in [2.05, 4.69) is 5.32 Å². The molecule has 1 N–H and O–H groups in total. The first-order valence-corrected chi connectivity index (χ1v) is 5.28. The highest BCUT2D eigenvalue weighted by Crippen LogP contribution is 2.22. The normalized spacial score (nSPS) is 13.3. The molecule has 0 aliphatic heterocycles. The quantitative estimate of drug-likeness (QED) is 0.798. The largest absolute Gasteiger partial charge is 0.319 e. The van der Waals surface area contributed by atoms with Gasteiger partial charge in [0.15, 0.2) is 0 Å². The van der Waals surface area contributed by atoms with Crippen LogP contribution in [0.2, 0.25) is 0 Å². The molecule has 0 saturated carbocycles. The molecule has 0 aliphatic carbocycles. The lowest BCUT2D eigenvalue weighted by Crippen LogP contribution is -2.40. The minimum atomic E-state index is -4.07. The second-order valence-corrected chi connectivity index (χ2v) is 3.78. The van der Waals surface area contributed by atoms with Crippen molar-refractivity contribution in [3.05, 3.63) is 35.9 Å². The van der Waals surface area contributed by atoms with Crippen molar-refractivity contribution in [2.24, 2.45) is 0 Å². The van der Waals surface area contributed by atoms with E-state index in [0.717, 1.165) is 0 Å². The minimum absolute atomic E-state index is 0.0944. The summed E-state index contributed by atoms with van der Waals surface area (Å²) in [7, 11) is 0. The highest BCUT2D eigenvalue weighted by atomic mass is 19.3. The molecule has 1 rings (SSSR count). The Kier molecular flexibility index (Phi) is 5.10. The van der Waals surface area contributed by atoms with Crippen molar-refractivity contribution in [1.82, 2.24) is 5.32 Å². The van der Waals surface area contributed by atoms with Gasteiger partial charge in [-0.05, 0) is 5.56 Å². The van der Waals surface area contributed by atoms with E-state index in [9.17, 15) is 17.6 Å². The maximum Gasteiger partial charge on any atom is 0.319 e. The van der Waals surface area contributed by atoms with Gasteiger partial charge in [0.2, 0.25) is 0 Å². The SMILES string of the molecule is N#CC(CNCC(F)(F)C(F)F)c1ccccc1. The molecule has 0 amide bonds. The Labute approximate surface area is 102 Å². The summed E-state index contributed by atoms with van der Waals surface area (Å²) in [5, 5.41) is 11.1. The van der Waals surface area contributed by atoms with E-state index in [1.165, 1.54) is 0 Å². The van der Waals surface area contributed by atoms with E-state index in [4.69, 9.17) is 5.26 Å². The fraction of sp³-hybridized carbons (Fsp3) is 0.417. The summed E-state index contributed by atoms with van der Waals surface area (Å²) in [5.41, 5.74) is 0.660. The van der Waals surface area contributed by atoms with Crippen LogP contribution in [0.5, 0.6) is 0 Å². The Morgan fingerprint density at radius 3 is 2.33 bits per heavy atom. The van der Waals surface area contributed by atoms with Crippen molar-refractivity contribution < 1.29 is 17.6 Å². The van der Waals surface area contributed by atoms with Crippen LogP contribution in [0.4, 0.5) is 17.6 Å². The highest BCUT2D eigenvalue weighted by Gasteiger charge is 2.40. The van der Waals surface area contributed by atoms with Crippen LogP contribution in [-0.4, -0.2) is 25.4 Å². The van der Waals surface area contributed by atoms with Crippen molar-refractivity contribution in [3.8, 4) is 6.07 Å². The lowest BCUT2D eigenvalue weighted by Gasteiger charge is -2.17. The van der Waals surface area contributed by atoms with Crippen LogP contribution >= 0.6 is 0 Å². The van der Waals surface area contributed by atoms with Gasteiger partial charge in [0.25, 0.3) is 0 Å². The molecule has 0 aromatic heterocycles. The topological polar surface area (TPSA) is 35.8 Å². The zero-order chi connectivity index (χ0) is 13.6. The first kappa shape index (κ1) is 14.5. The van der Waals surface area contributed by atoms with Gasteiger partial charge in [-0.2, -0.15) is 14.0 Å². The number of hydrogen-bond donors (Lipinski definition) is 1. The number of nitriles is 1. The van der Waals surface area contributed by atoms with Gasteiger partial charge in [-0.3, -0.25) is 0 Å². The van der Waals surface area contributed by atoms with Crippen LogP contribution in [0, 0.1) is 11.3 Å². The fourth-order valence-corrected chi connectivity index (χ4v) is 1.38. The average Bonchev–Trinajstić information content (AvgIpc) is 2.35. The number of rotatable bonds is 6. The van der Waals surface area contributed by atoms with E-state index < -0.39 is 24.8 Å². The summed E-state index contributed by atoms with van der Waals surface area (Å²) in [5.74, 6) is -4.71. The molecule has 0 aliphatic rings. The lowest BCUT2D eigenvalue weighted by molar-refractivity contribution is -0.125. The molecular formula is C12H12F4N2. The predicted molar refractivity (Wildman–Crippen MR) is 58.6 cm³/mol. The summed E-state index contributed by atoms with van der Waals surface area (Å²) in [6.07, 6.45) is -3.71. The van der Waals surface area contributed by atoms with E-state index in [0.29, 0.717) is 5.56 Å². The molecule has 0 radical (unpaired) electrons. The summed E-state index contributed by atoms with van der Waals surface area (Å²) < 4.78 is 49.0. The standard InChI is InChI=1S/C12H12F4N2/c13-11(14)12(15,16)8-18-7-10(6-17)9-4-2-1-3-5-9/h1-5,10-11,18H,7-8H2. The molecule has 6 heteroatoms. The fourth-order valence-electron chi connectivity index (χ4n) is 1.38. The molecule has 0 heterocycles. The third-order valence-corrected chi connectivity index (χ3v) is 2.39. The first-order chi connectivity index (χ1) is 8.47. The molecule has 0 bridgehead atoms. The monoisotopic (exact) mass is 260 g/mol. The Morgan fingerprint density at radius 1 is 1.22 bits per heavy atom. The van der Waals surface area contributed by atoms with Crippen LogP contribution in [-0.2, 0) is 0 Å². The Morgan fingerprint density at radius 2 is 1.83 bits per heavy atom. The van der Waals surface area contributed by atoms with Crippen molar-refractivity contribution in [2.45, 2.75) is 18.3 Å². The van der Waals surface area contributed by atoms with Crippen molar-refractivity contribution in [3.63, 3.8) is 0 Å². The van der Waals surface area contributed by atoms with Crippen LogP contribution in [0.3, 0.4) is 0 Å². The second-order valence-electron chi connectivity index (χ2n) is 3.78. The number of nitrogens with zero attached hydrogens (tertiary/aromatic N) is 1. The van der Waals surface area contributed by atoms with Gasteiger partial charge in [0.05, 0.1) is 18.5 Å². The van der Waals surface area contributed by atoms with E-state index >= 15 is 0 Å². The van der Waals surface area contributed by atoms with Crippen molar-refractivity contribution in [1.29, 1.82) is 5.26 Å². The molecule has 1 aromatic carbocycles. The summed E-state index contributed by atoms with van der Waals surface area (Å²) in [6, 6.07) is 10.5. The molecule has 1 unspecified atom stereocenters. The predicted octanol–water partition coefficient (Wildman–Crippen LogP) is 2.78. The molecule has 18 heavy (non-hydrogen) atoms. The lowest BCUT2D eigenvalue weighted by atomic mass is 10.0. The first-order valence-electron chi connectivity index (χ1n) is 5.28. The van der Waals surface area contributed by atoms with Crippen LogP contribution in [0.1, 0.15) is 11.5 Å². The molecule has 2 nitrogen and oxygen atoms in total. The number of hydrogen-bond acceptors (Lipinski definition) is 2. The van der Waals surface area contributed by atoms with Gasteiger partial charge in [-0.25, -0.2) is 8.78 Å². The Bertz CT molecular complexity index is 400. The van der Waals surface area contributed by atoms with Gasteiger partial charge >= 0.3 is 12.3 Å². The van der Waals surface area contributed by atoms with Gasteiger partial charge in [-0.15, -0.1) is 0 Å². The van der Waals surface area contributed by atoms with Crippen LogP contribution in [0.25, 0.3) is 0 Å². The Hall–Kier alpha value is -1.61. The maximum absolute atomic E-state index is 12.6. The third-order valence-electron chi connectivity index (χ3n) is 2.39. The van der Waals surface area contributed by atoms with Crippen molar-refractivity contribution >= 4 is 0 Å².